The number of methoxy groups -OCH3 is 1. The fraction of sp³-hybridized carbons (Fsp3) is 0.407. The molecule has 1 amide bonds. The van der Waals surface area contributed by atoms with Crippen LogP contribution >= 0.6 is 0 Å². The fourth-order valence-electron chi connectivity index (χ4n) is 5.13. The Morgan fingerprint density at radius 1 is 1.17 bits per heavy atom. The molecule has 4 aromatic rings. The van der Waals surface area contributed by atoms with Crippen LogP contribution in [0.1, 0.15) is 62.0 Å². The zero-order valence-electron chi connectivity index (χ0n) is 22.5. The van der Waals surface area contributed by atoms with Crippen molar-refractivity contribution < 1.29 is 27.1 Å². The minimum Gasteiger partial charge on any atom is -0.480 e. The molecule has 14 heteroatoms. The van der Waals surface area contributed by atoms with E-state index in [0.717, 1.165) is 24.7 Å². The van der Waals surface area contributed by atoms with Crippen molar-refractivity contribution in [2.24, 2.45) is 0 Å². The van der Waals surface area contributed by atoms with E-state index < -0.39 is 23.7 Å². The van der Waals surface area contributed by atoms with Gasteiger partial charge in [0.15, 0.2) is 11.5 Å². The van der Waals surface area contributed by atoms with E-state index in [1.807, 2.05) is 0 Å². The number of alkyl halides is 3. The number of anilines is 1. The van der Waals surface area contributed by atoms with Crippen molar-refractivity contribution in [1.29, 1.82) is 0 Å². The average Bonchev–Trinajstić information content (AvgIpc) is 3.55. The van der Waals surface area contributed by atoms with Crippen LogP contribution in [-0.2, 0) is 24.1 Å². The van der Waals surface area contributed by atoms with E-state index in [0.29, 0.717) is 29.4 Å². The Hall–Kier alpha value is -4.36. The van der Waals surface area contributed by atoms with E-state index in [1.165, 1.54) is 35.0 Å². The van der Waals surface area contributed by atoms with Crippen molar-refractivity contribution >= 4 is 11.9 Å². The van der Waals surface area contributed by atoms with Crippen molar-refractivity contribution in [3.05, 3.63) is 53.5 Å². The third kappa shape index (κ3) is 4.70. The number of carbonyl (C=O) groups is 1. The minimum absolute atomic E-state index is 0.0718. The van der Waals surface area contributed by atoms with Crippen molar-refractivity contribution in [2.45, 2.75) is 64.3 Å². The molecule has 1 aliphatic carbocycles. The second kappa shape index (κ2) is 9.93. The lowest BCUT2D eigenvalue weighted by Crippen LogP contribution is -2.39. The summed E-state index contributed by atoms with van der Waals surface area (Å²) in [6.07, 6.45) is -0.214. The summed E-state index contributed by atoms with van der Waals surface area (Å²) >= 11 is 0. The third-order valence-electron chi connectivity index (χ3n) is 7.41. The normalized spacial score (nSPS) is 16.2. The minimum atomic E-state index is -4.65. The first-order chi connectivity index (χ1) is 19.6. The van der Waals surface area contributed by atoms with E-state index in [9.17, 15) is 18.0 Å². The van der Waals surface area contributed by atoms with Gasteiger partial charge in [-0.05, 0) is 44.4 Å². The number of halogens is 4. The zero-order valence-corrected chi connectivity index (χ0v) is 22.5. The summed E-state index contributed by atoms with van der Waals surface area (Å²) in [6.45, 7) is 3.87. The fourth-order valence-corrected chi connectivity index (χ4v) is 5.13. The van der Waals surface area contributed by atoms with Gasteiger partial charge in [0, 0.05) is 25.1 Å². The van der Waals surface area contributed by atoms with Gasteiger partial charge in [0.2, 0.25) is 17.7 Å². The molecule has 3 aromatic heterocycles. The standard InChI is InChI=1S/C27H26F4N8O2/c1-4-37-12-19(27(29,30)31)34-24(37)17-8-7-16(11-18(17)28)14(2)39-20(40)9-10-38-26(39)35-23(36-38)21-22(15-5-6-15)32-13-33-25(21)41-3/h7-8,11-15H,4-6,9-10H2,1-3H3/t14-/m0/s1. The number of hydrogen-bond acceptors (Lipinski definition) is 7. The molecule has 1 aromatic carbocycles. The number of aryl methyl sites for hydroxylation is 2. The Bertz CT molecular complexity index is 1640. The molecule has 0 saturated heterocycles. The number of fused-ring (bicyclic) bond motifs is 1. The number of benzene rings is 1. The van der Waals surface area contributed by atoms with Gasteiger partial charge in [-0.1, -0.05) is 6.07 Å². The number of amides is 1. The molecule has 1 atom stereocenters. The Morgan fingerprint density at radius 3 is 2.61 bits per heavy atom. The molecular formula is C27H26F4N8O2. The predicted molar refractivity (Wildman–Crippen MR) is 138 cm³/mol. The number of imidazole rings is 1. The van der Waals surface area contributed by atoms with Crippen LogP contribution in [0.25, 0.3) is 22.8 Å². The van der Waals surface area contributed by atoms with Crippen LogP contribution in [0.15, 0.2) is 30.7 Å². The maximum Gasteiger partial charge on any atom is 0.434 e. The molecule has 0 bridgehead atoms. The highest BCUT2D eigenvalue weighted by atomic mass is 19.4. The van der Waals surface area contributed by atoms with Crippen molar-refractivity contribution in [1.82, 2.24) is 34.3 Å². The predicted octanol–water partition coefficient (Wildman–Crippen LogP) is 5.16. The molecule has 4 heterocycles. The lowest BCUT2D eigenvalue weighted by Gasteiger charge is -2.31. The summed E-state index contributed by atoms with van der Waals surface area (Å²) in [5.74, 6) is 0.125. The monoisotopic (exact) mass is 570 g/mol. The Kier molecular flexibility index (Phi) is 6.50. The van der Waals surface area contributed by atoms with Crippen LogP contribution in [-0.4, -0.2) is 47.3 Å². The van der Waals surface area contributed by atoms with Gasteiger partial charge >= 0.3 is 6.18 Å². The second-order valence-electron chi connectivity index (χ2n) is 10.0. The second-order valence-corrected chi connectivity index (χ2v) is 10.0. The number of nitrogens with zero attached hydrogens (tertiary/aromatic N) is 8. The number of carbonyl (C=O) groups excluding carboxylic acids is 1. The summed E-state index contributed by atoms with van der Waals surface area (Å²) in [5.41, 5.74) is 0.646. The van der Waals surface area contributed by atoms with Crippen LogP contribution in [0.3, 0.4) is 0 Å². The van der Waals surface area contributed by atoms with Crippen LogP contribution in [0.2, 0.25) is 0 Å². The summed E-state index contributed by atoms with van der Waals surface area (Å²) in [7, 11) is 1.51. The number of ether oxygens (including phenoxy) is 1. The summed E-state index contributed by atoms with van der Waals surface area (Å²) in [4.78, 5) is 31.6. The lowest BCUT2D eigenvalue weighted by atomic mass is 10.0. The number of aromatic nitrogens is 7. The van der Waals surface area contributed by atoms with Gasteiger partial charge in [0.1, 0.15) is 23.5 Å². The van der Waals surface area contributed by atoms with Crippen LogP contribution < -0.4 is 9.64 Å². The highest BCUT2D eigenvalue weighted by Crippen LogP contribution is 2.45. The molecule has 0 spiro atoms. The summed E-state index contributed by atoms with van der Waals surface area (Å²) in [6, 6.07) is 3.52. The van der Waals surface area contributed by atoms with Crippen molar-refractivity contribution in [3.63, 3.8) is 0 Å². The van der Waals surface area contributed by atoms with Gasteiger partial charge in [-0.3, -0.25) is 9.69 Å². The summed E-state index contributed by atoms with van der Waals surface area (Å²) in [5, 5.41) is 4.65. The third-order valence-corrected chi connectivity index (χ3v) is 7.41. The zero-order chi connectivity index (χ0) is 29.1. The topological polar surface area (TPSA) is 104 Å². The highest BCUT2D eigenvalue weighted by molar-refractivity contribution is 5.94. The molecule has 6 rings (SSSR count). The number of rotatable bonds is 7. The van der Waals surface area contributed by atoms with Gasteiger partial charge in [0.05, 0.1) is 31.0 Å². The largest absolute Gasteiger partial charge is 0.480 e. The molecule has 0 radical (unpaired) electrons. The van der Waals surface area contributed by atoms with Crippen LogP contribution in [0.5, 0.6) is 5.88 Å². The first kappa shape index (κ1) is 26.8. The molecule has 2 aliphatic rings. The molecule has 10 nitrogen and oxygen atoms in total. The van der Waals surface area contributed by atoms with E-state index in [4.69, 9.17) is 9.72 Å². The van der Waals surface area contributed by atoms with Crippen LogP contribution in [0.4, 0.5) is 23.5 Å². The van der Waals surface area contributed by atoms with Crippen molar-refractivity contribution in [3.8, 4) is 28.7 Å². The lowest BCUT2D eigenvalue weighted by molar-refractivity contribution is -0.140. The molecular weight excluding hydrogens is 544 g/mol. The first-order valence-electron chi connectivity index (χ1n) is 13.2. The quantitative estimate of drug-likeness (QED) is 0.283. The molecule has 1 aliphatic heterocycles. The van der Waals surface area contributed by atoms with E-state index in [2.05, 4.69) is 20.1 Å². The van der Waals surface area contributed by atoms with Crippen molar-refractivity contribution in [2.75, 3.05) is 12.0 Å². The Balaban J connectivity index is 1.36. The van der Waals surface area contributed by atoms with E-state index in [1.54, 1.807) is 24.6 Å². The smallest absolute Gasteiger partial charge is 0.434 e. The van der Waals surface area contributed by atoms with Gasteiger partial charge in [-0.15, -0.1) is 5.10 Å². The average molecular weight is 571 g/mol. The maximum atomic E-state index is 15.4. The SMILES string of the molecule is CCn1cc(C(F)(F)F)nc1-c1ccc([C@H](C)N2C(=O)CCn3nc(-c4c(OC)ncnc4C4CC4)nc32)cc1F. The Labute approximate surface area is 232 Å². The molecule has 0 N–H and O–H groups in total. The van der Waals surface area contributed by atoms with Gasteiger partial charge < -0.3 is 9.30 Å². The molecule has 1 saturated carbocycles. The highest BCUT2D eigenvalue weighted by Gasteiger charge is 2.37. The van der Waals surface area contributed by atoms with Gasteiger partial charge in [0.25, 0.3) is 0 Å². The Morgan fingerprint density at radius 2 is 1.95 bits per heavy atom. The molecule has 0 unspecified atom stereocenters. The summed E-state index contributed by atoms with van der Waals surface area (Å²) < 4.78 is 63.5. The number of hydrogen-bond donors (Lipinski definition) is 0. The van der Waals surface area contributed by atoms with Gasteiger partial charge in [-0.2, -0.15) is 18.2 Å². The molecule has 41 heavy (non-hydrogen) atoms. The van der Waals surface area contributed by atoms with E-state index in [-0.39, 0.29) is 42.1 Å². The van der Waals surface area contributed by atoms with E-state index >= 15 is 4.39 Å². The first-order valence-corrected chi connectivity index (χ1v) is 13.2. The maximum absolute atomic E-state index is 15.4. The molecule has 1 fully saturated rings. The van der Waals surface area contributed by atoms with Crippen LogP contribution in [0, 0.1) is 5.82 Å². The molecule has 214 valence electrons. The van der Waals surface area contributed by atoms with Gasteiger partial charge in [-0.25, -0.2) is 24.0 Å².